The number of ether oxygens (including phenoxy) is 4. The molecular weight excluding hydrogens is 773 g/mol. The standard InChI is InChI=1S/C59H104O4/c1-5-7-9-11-13-15-17-19-21-23-25-27-29-31-33-35-37-39-41-43-47-61-57-49-55(53-63-59-52-56(60-4)46-45-54(59)3)50-58(51-57)62-48-44-42-40-38-36-34-32-30-28-26-24-22-20-18-16-14-12-10-8-6-2/h45-46,49-52H,5-44,47-48,53H2,1-4H3. The SMILES string of the molecule is CCCCCCCCCCCCCCCCCCCCCCOc1cc(COc2cc(OC)ccc2C)cc(OCCCCCCCCCCCCCCCCCCCCCC)c1. The first-order valence-electron chi connectivity index (χ1n) is 27.8. The van der Waals surface area contributed by atoms with E-state index in [0.29, 0.717) is 6.61 Å². The predicted octanol–water partition coefficient (Wildman–Crippen LogP) is 20.0. The first kappa shape index (κ1) is 56.8. The van der Waals surface area contributed by atoms with Gasteiger partial charge in [0.15, 0.2) is 0 Å². The molecule has 0 unspecified atom stereocenters. The molecule has 364 valence electrons. The van der Waals surface area contributed by atoms with Gasteiger partial charge in [-0.05, 0) is 49.1 Å². The van der Waals surface area contributed by atoms with Gasteiger partial charge in [0.1, 0.15) is 29.6 Å². The second-order valence-electron chi connectivity index (χ2n) is 19.4. The van der Waals surface area contributed by atoms with Crippen LogP contribution in [0.15, 0.2) is 36.4 Å². The smallest absolute Gasteiger partial charge is 0.126 e. The van der Waals surface area contributed by atoms with Gasteiger partial charge in [0.05, 0.1) is 20.3 Å². The van der Waals surface area contributed by atoms with E-state index < -0.39 is 0 Å². The first-order valence-corrected chi connectivity index (χ1v) is 27.8. The van der Waals surface area contributed by atoms with E-state index in [1.165, 1.54) is 244 Å². The molecule has 0 bridgehead atoms. The van der Waals surface area contributed by atoms with Crippen LogP contribution in [-0.4, -0.2) is 20.3 Å². The minimum atomic E-state index is 0.459. The van der Waals surface area contributed by atoms with Crippen molar-refractivity contribution >= 4 is 0 Å². The summed E-state index contributed by atoms with van der Waals surface area (Å²) in [5.74, 6) is 3.42. The zero-order valence-corrected chi connectivity index (χ0v) is 42.5. The molecule has 0 saturated carbocycles. The highest BCUT2D eigenvalue weighted by Gasteiger charge is 2.08. The number of aryl methyl sites for hydroxylation is 1. The molecule has 63 heavy (non-hydrogen) atoms. The molecule has 0 N–H and O–H groups in total. The molecule has 0 aromatic heterocycles. The lowest BCUT2D eigenvalue weighted by atomic mass is 10.0. The van der Waals surface area contributed by atoms with Crippen molar-refractivity contribution in [2.45, 2.75) is 284 Å². The summed E-state index contributed by atoms with van der Waals surface area (Å²) < 4.78 is 24.4. The Kier molecular flexibility index (Phi) is 39.2. The van der Waals surface area contributed by atoms with E-state index in [9.17, 15) is 0 Å². The molecule has 0 saturated heterocycles. The van der Waals surface area contributed by atoms with Crippen LogP contribution >= 0.6 is 0 Å². The van der Waals surface area contributed by atoms with Gasteiger partial charge in [-0.2, -0.15) is 0 Å². The Labute approximate surface area is 392 Å². The maximum Gasteiger partial charge on any atom is 0.126 e. The summed E-state index contributed by atoms with van der Waals surface area (Å²) in [5.41, 5.74) is 2.16. The third kappa shape index (κ3) is 34.6. The first-order chi connectivity index (χ1) is 31.2. The maximum atomic E-state index is 6.33. The lowest BCUT2D eigenvalue weighted by Gasteiger charge is -2.14. The number of rotatable bonds is 48. The fourth-order valence-electron chi connectivity index (χ4n) is 9.00. The van der Waals surface area contributed by atoms with E-state index in [1.54, 1.807) is 7.11 Å². The third-order valence-corrected chi connectivity index (χ3v) is 13.3. The highest BCUT2D eigenvalue weighted by molar-refractivity contribution is 5.41. The molecule has 0 spiro atoms. The Balaban J connectivity index is 1.55. The second kappa shape index (κ2) is 43.5. The van der Waals surface area contributed by atoms with Crippen LogP contribution in [0.3, 0.4) is 0 Å². The normalized spacial score (nSPS) is 11.4. The Morgan fingerprint density at radius 3 is 0.921 bits per heavy atom. The van der Waals surface area contributed by atoms with E-state index in [4.69, 9.17) is 18.9 Å². The number of hydrogen-bond acceptors (Lipinski definition) is 4. The Morgan fingerprint density at radius 2 is 0.619 bits per heavy atom. The highest BCUT2D eigenvalue weighted by atomic mass is 16.5. The summed E-state index contributed by atoms with van der Waals surface area (Å²) in [6, 6.07) is 12.3. The second-order valence-corrected chi connectivity index (χ2v) is 19.4. The molecule has 2 aromatic carbocycles. The molecule has 0 aliphatic heterocycles. The van der Waals surface area contributed by atoms with Crippen molar-refractivity contribution in [2.24, 2.45) is 0 Å². The fraction of sp³-hybridized carbons (Fsp3) is 0.797. The van der Waals surface area contributed by atoms with Crippen molar-refractivity contribution in [3.8, 4) is 23.0 Å². The molecule has 4 nitrogen and oxygen atoms in total. The molecule has 0 amide bonds. The fourth-order valence-corrected chi connectivity index (χ4v) is 9.00. The Bertz CT molecular complexity index is 1190. The lowest BCUT2D eigenvalue weighted by Crippen LogP contribution is -2.03. The van der Waals surface area contributed by atoms with Crippen LogP contribution in [0.25, 0.3) is 0 Å². The number of benzene rings is 2. The maximum absolute atomic E-state index is 6.33. The van der Waals surface area contributed by atoms with Gasteiger partial charge in [0, 0.05) is 12.1 Å². The zero-order valence-electron chi connectivity index (χ0n) is 42.5. The average molecular weight is 877 g/mol. The topological polar surface area (TPSA) is 36.9 Å². The molecule has 2 aromatic rings. The molecule has 2 rings (SSSR count). The van der Waals surface area contributed by atoms with E-state index in [1.807, 2.05) is 18.2 Å². The van der Waals surface area contributed by atoms with E-state index >= 15 is 0 Å². The summed E-state index contributed by atoms with van der Waals surface area (Å²) >= 11 is 0. The van der Waals surface area contributed by atoms with Crippen LogP contribution < -0.4 is 18.9 Å². The van der Waals surface area contributed by atoms with Gasteiger partial charge in [-0.25, -0.2) is 0 Å². The summed E-state index contributed by atoms with van der Waals surface area (Å²) in [6.07, 6.45) is 55.9. The number of unbranched alkanes of at least 4 members (excludes halogenated alkanes) is 38. The van der Waals surface area contributed by atoms with Gasteiger partial charge in [0.2, 0.25) is 0 Å². The minimum absolute atomic E-state index is 0.459. The average Bonchev–Trinajstić information content (AvgIpc) is 3.29. The number of methoxy groups -OCH3 is 1. The van der Waals surface area contributed by atoms with E-state index in [0.717, 1.165) is 60.2 Å². The van der Waals surface area contributed by atoms with Crippen LogP contribution in [0.2, 0.25) is 0 Å². The van der Waals surface area contributed by atoms with Gasteiger partial charge in [-0.3, -0.25) is 0 Å². The zero-order chi connectivity index (χ0) is 44.9. The van der Waals surface area contributed by atoms with Gasteiger partial charge in [0.25, 0.3) is 0 Å². The van der Waals surface area contributed by atoms with Crippen molar-refractivity contribution in [1.29, 1.82) is 0 Å². The van der Waals surface area contributed by atoms with E-state index in [2.05, 4.69) is 39.0 Å². The summed E-state index contributed by atoms with van der Waals surface area (Å²) in [7, 11) is 1.70. The molecule has 4 heteroatoms. The molecule has 0 fully saturated rings. The van der Waals surface area contributed by atoms with E-state index in [-0.39, 0.29) is 0 Å². The highest BCUT2D eigenvalue weighted by Crippen LogP contribution is 2.28. The largest absolute Gasteiger partial charge is 0.497 e. The van der Waals surface area contributed by atoms with Crippen molar-refractivity contribution in [2.75, 3.05) is 20.3 Å². The van der Waals surface area contributed by atoms with Crippen LogP contribution in [0.5, 0.6) is 23.0 Å². The van der Waals surface area contributed by atoms with Gasteiger partial charge in [-0.1, -0.05) is 264 Å². The Hall–Kier alpha value is -2.36. The van der Waals surface area contributed by atoms with Crippen LogP contribution in [-0.2, 0) is 6.61 Å². The van der Waals surface area contributed by atoms with Crippen molar-refractivity contribution in [3.63, 3.8) is 0 Å². The van der Waals surface area contributed by atoms with Gasteiger partial charge < -0.3 is 18.9 Å². The Morgan fingerprint density at radius 1 is 0.317 bits per heavy atom. The molecule has 0 atom stereocenters. The van der Waals surface area contributed by atoms with Gasteiger partial charge in [-0.15, -0.1) is 0 Å². The number of hydrogen-bond donors (Lipinski definition) is 0. The van der Waals surface area contributed by atoms with Gasteiger partial charge >= 0.3 is 0 Å². The van der Waals surface area contributed by atoms with Crippen molar-refractivity contribution in [1.82, 2.24) is 0 Å². The molecule has 0 radical (unpaired) electrons. The quantitative estimate of drug-likeness (QED) is 0.0621. The summed E-state index contributed by atoms with van der Waals surface area (Å²) in [5, 5.41) is 0. The molecule has 0 aliphatic rings. The summed E-state index contributed by atoms with van der Waals surface area (Å²) in [6.45, 7) is 8.63. The third-order valence-electron chi connectivity index (χ3n) is 13.3. The van der Waals surface area contributed by atoms with Crippen LogP contribution in [0.4, 0.5) is 0 Å². The molecule has 0 aliphatic carbocycles. The predicted molar refractivity (Wildman–Crippen MR) is 276 cm³/mol. The van der Waals surface area contributed by atoms with Crippen molar-refractivity contribution < 1.29 is 18.9 Å². The van der Waals surface area contributed by atoms with Crippen LogP contribution in [0, 0.1) is 6.92 Å². The lowest BCUT2D eigenvalue weighted by molar-refractivity contribution is 0.281. The molecular formula is C59H104O4. The molecule has 0 heterocycles. The monoisotopic (exact) mass is 877 g/mol. The summed E-state index contributed by atoms with van der Waals surface area (Å²) in [4.78, 5) is 0. The minimum Gasteiger partial charge on any atom is -0.497 e. The van der Waals surface area contributed by atoms with Crippen molar-refractivity contribution in [3.05, 3.63) is 47.5 Å². The van der Waals surface area contributed by atoms with Crippen LogP contribution in [0.1, 0.15) is 282 Å².